The summed E-state index contributed by atoms with van der Waals surface area (Å²) in [6.07, 6.45) is 2.20. The number of amides is 1. The SMILES string of the molecule is O=C(CSc1n[nH]c(C2CC2)n1)Nc1ccc(F)c([N+](=O)[O-])c1. The first-order valence-electron chi connectivity index (χ1n) is 6.82. The van der Waals surface area contributed by atoms with E-state index in [1.807, 2.05) is 0 Å². The first kappa shape index (κ1) is 15.4. The van der Waals surface area contributed by atoms with E-state index in [1.54, 1.807) is 0 Å². The Morgan fingerprint density at radius 3 is 3.00 bits per heavy atom. The van der Waals surface area contributed by atoms with E-state index in [-0.39, 0.29) is 17.3 Å². The van der Waals surface area contributed by atoms with Crippen molar-refractivity contribution in [3.8, 4) is 0 Å². The molecule has 2 N–H and O–H groups in total. The summed E-state index contributed by atoms with van der Waals surface area (Å²) in [7, 11) is 0. The number of nitro groups is 1. The molecule has 0 unspecified atom stereocenters. The van der Waals surface area contributed by atoms with Crippen molar-refractivity contribution in [2.24, 2.45) is 0 Å². The van der Waals surface area contributed by atoms with Crippen molar-refractivity contribution < 1.29 is 14.1 Å². The Morgan fingerprint density at radius 2 is 2.30 bits per heavy atom. The number of aromatic amines is 1. The molecule has 3 rings (SSSR count). The van der Waals surface area contributed by atoms with Gasteiger partial charge in [0.2, 0.25) is 16.9 Å². The number of anilines is 1. The van der Waals surface area contributed by atoms with E-state index in [0.29, 0.717) is 11.1 Å². The smallest absolute Gasteiger partial charge is 0.306 e. The van der Waals surface area contributed by atoms with Crippen LogP contribution in [0.1, 0.15) is 24.6 Å². The number of hydrogen-bond donors (Lipinski definition) is 2. The van der Waals surface area contributed by atoms with Crippen molar-refractivity contribution >= 4 is 29.0 Å². The molecule has 1 amide bonds. The maximum Gasteiger partial charge on any atom is 0.306 e. The zero-order valence-electron chi connectivity index (χ0n) is 11.8. The van der Waals surface area contributed by atoms with Crippen molar-refractivity contribution in [1.29, 1.82) is 0 Å². The summed E-state index contributed by atoms with van der Waals surface area (Å²) < 4.78 is 13.2. The van der Waals surface area contributed by atoms with Gasteiger partial charge in [0.15, 0.2) is 0 Å². The number of thioether (sulfide) groups is 1. The molecular weight excluding hydrogens is 325 g/mol. The van der Waals surface area contributed by atoms with Crippen LogP contribution in [0.2, 0.25) is 0 Å². The molecule has 1 heterocycles. The van der Waals surface area contributed by atoms with Crippen LogP contribution in [-0.4, -0.2) is 31.8 Å². The summed E-state index contributed by atoms with van der Waals surface area (Å²) in [5.74, 6) is 0.00420. The molecule has 1 aliphatic carbocycles. The summed E-state index contributed by atoms with van der Waals surface area (Å²) in [6, 6.07) is 3.19. The topological polar surface area (TPSA) is 114 Å². The Morgan fingerprint density at radius 1 is 1.52 bits per heavy atom. The van der Waals surface area contributed by atoms with Gasteiger partial charge < -0.3 is 5.32 Å². The lowest BCUT2D eigenvalue weighted by atomic mass is 10.2. The summed E-state index contributed by atoms with van der Waals surface area (Å²) >= 11 is 1.15. The van der Waals surface area contributed by atoms with Crippen molar-refractivity contribution in [3.63, 3.8) is 0 Å². The van der Waals surface area contributed by atoms with Crippen LogP contribution < -0.4 is 5.32 Å². The van der Waals surface area contributed by atoms with Crippen LogP contribution in [0.4, 0.5) is 15.8 Å². The van der Waals surface area contributed by atoms with Crippen LogP contribution in [0, 0.1) is 15.9 Å². The van der Waals surface area contributed by atoms with Gasteiger partial charge in [-0.05, 0) is 25.0 Å². The average Bonchev–Trinajstić information content (AvgIpc) is 3.26. The molecule has 0 aliphatic heterocycles. The maximum atomic E-state index is 13.2. The number of carbonyl (C=O) groups is 1. The van der Waals surface area contributed by atoms with Gasteiger partial charge in [-0.1, -0.05) is 11.8 Å². The summed E-state index contributed by atoms with van der Waals surface area (Å²) in [5, 5.41) is 20.5. The summed E-state index contributed by atoms with van der Waals surface area (Å²) in [5.41, 5.74) is -0.518. The van der Waals surface area contributed by atoms with Gasteiger partial charge in [-0.3, -0.25) is 20.0 Å². The zero-order valence-corrected chi connectivity index (χ0v) is 12.6. The van der Waals surface area contributed by atoms with Crippen molar-refractivity contribution in [3.05, 3.63) is 40.0 Å². The zero-order chi connectivity index (χ0) is 16.4. The molecule has 0 spiro atoms. The number of benzene rings is 1. The number of hydrogen-bond acceptors (Lipinski definition) is 6. The van der Waals surface area contributed by atoms with Crippen LogP contribution in [0.25, 0.3) is 0 Å². The van der Waals surface area contributed by atoms with Gasteiger partial charge in [0, 0.05) is 17.7 Å². The number of carbonyl (C=O) groups excluding carboxylic acids is 1. The van der Waals surface area contributed by atoms with E-state index >= 15 is 0 Å². The van der Waals surface area contributed by atoms with E-state index in [9.17, 15) is 19.3 Å². The molecule has 0 atom stereocenters. The minimum Gasteiger partial charge on any atom is -0.325 e. The third-order valence-electron chi connectivity index (χ3n) is 3.21. The van der Waals surface area contributed by atoms with Gasteiger partial charge in [-0.2, -0.15) is 4.39 Å². The van der Waals surface area contributed by atoms with Crippen molar-refractivity contribution in [2.75, 3.05) is 11.1 Å². The Bertz CT molecular complexity index is 762. The molecule has 1 aromatic carbocycles. The molecule has 0 bridgehead atoms. The monoisotopic (exact) mass is 337 g/mol. The van der Waals surface area contributed by atoms with Gasteiger partial charge in [0.25, 0.3) is 0 Å². The first-order chi connectivity index (χ1) is 11.0. The highest BCUT2D eigenvalue weighted by Crippen LogP contribution is 2.38. The second-order valence-corrected chi connectivity index (χ2v) is 5.98. The minimum absolute atomic E-state index is 0.0487. The highest BCUT2D eigenvalue weighted by molar-refractivity contribution is 7.99. The third-order valence-corrected chi connectivity index (χ3v) is 4.05. The van der Waals surface area contributed by atoms with Crippen LogP contribution in [0.15, 0.2) is 23.4 Å². The lowest BCUT2D eigenvalue weighted by molar-refractivity contribution is -0.387. The molecule has 2 aromatic rings. The fourth-order valence-corrected chi connectivity index (χ4v) is 2.52. The molecule has 1 saturated carbocycles. The fraction of sp³-hybridized carbons (Fsp3) is 0.308. The number of nitrogens with zero attached hydrogens (tertiary/aromatic N) is 3. The van der Waals surface area contributed by atoms with Gasteiger partial charge in [0.1, 0.15) is 5.82 Å². The summed E-state index contributed by atoms with van der Waals surface area (Å²) in [4.78, 5) is 25.9. The maximum absolute atomic E-state index is 13.2. The quantitative estimate of drug-likeness (QED) is 0.475. The molecular formula is C13H12FN5O3S. The van der Waals surface area contributed by atoms with Crippen LogP contribution in [0.3, 0.4) is 0 Å². The summed E-state index contributed by atoms with van der Waals surface area (Å²) in [6.45, 7) is 0. The highest BCUT2D eigenvalue weighted by Gasteiger charge is 2.27. The number of rotatable bonds is 6. The first-order valence-corrected chi connectivity index (χ1v) is 7.80. The number of H-pyrrole nitrogens is 1. The second-order valence-electron chi connectivity index (χ2n) is 5.04. The van der Waals surface area contributed by atoms with Gasteiger partial charge >= 0.3 is 5.69 Å². The number of nitrogens with one attached hydrogen (secondary N) is 2. The van der Waals surface area contributed by atoms with E-state index < -0.39 is 16.4 Å². The predicted molar refractivity (Wildman–Crippen MR) is 80.8 cm³/mol. The number of halogens is 1. The van der Waals surface area contributed by atoms with Gasteiger partial charge in [-0.25, -0.2) is 4.98 Å². The highest BCUT2D eigenvalue weighted by atomic mass is 32.2. The normalized spacial score (nSPS) is 13.8. The molecule has 0 radical (unpaired) electrons. The molecule has 120 valence electrons. The molecule has 10 heteroatoms. The molecule has 1 fully saturated rings. The van der Waals surface area contributed by atoms with Gasteiger partial charge in [0.05, 0.1) is 10.7 Å². The number of nitro benzene ring substituents is 1. The van der Waals surface area contributed by atoms with Gasteiger partial charge in [-0.15, -0.1) is 5.10 Å². The Labute approximate surface area is 134 Å². The lowest BCUT2D eigenvalue weighted by Gasteiger charge is -2.04. The number of aromatic nitrogens is 3. The third kappa shape index (κ3) is 3.83. The van der Waals surface area contributed by atoms with Crippen LogP contribution >= 0.6 is 11.8 Å². The molecule has 1 aliphatic rings. The average molecular weight is 337 g/mol. The predicted octanol–water partition coefficient (Wildman–Crippen LogP) is 2.46. The Kier molecular flexibility index (Phi) is 4.24. The van der Waals surface area contributed by atoms with Crippen LogP contribution in [-0.2, 0) is 4.79 Å². The Balaban J connectivity index is 1.56. The molecule has 1 aromatic heterocycles. The van der Waals surface area contributed by atoms with Crippen LogP contribution in [0.5, 0.6) is 0 Å². The fourth-order valence-electron chi connectivity index (χ4n) is 1.92. The standard InChI is InChI=1S/C13H12FN5O3S/c14-9-4-3-8(5-10(9)19(21)22)15-11(20)6-23-13-16-12(17-18-13)7-1-2-7/h3-5,7H,1-2,6H2,(H,15,20)(H,16,17,18). The van der Waals surface area contributed by atoms with Crippen molar-refractivity contribution in [1.82, 2.24) is 15.2 Å². The van der Waals surface area contributed by atoms with Crippen molar-refractivity contribution in [2.45, 2.75) is 23.9 Å². The Hall–Kier alpha value is -2.49. The molecule has 23 heavy (non-hydrogen) atoms. The lowest BCUT2D eigenvalue weighted by Crippen LogP contribution is -2.14. The van der Waals surface area contributed by atoms with E-state index in [0.717, 1.165) is 42.6 Å². The largest absolute Gasteiger partial charge is 0.325 e. The second kappa shape index (κ2) is 6.32. The minimum atomic E-state index is -0.948. The molecule has 0 saturated heterocycles. The van der Waals surface area contributed by atoms with E-state index in [2.05, 4.69) is 20.5 Å². The van der Waals surface area contributed by atoms with E-state index in [1.165, 1.54) is 6.07 Å². The molecule has 8 nitrogen and oxygen atoms in total. The van der Waals surface area contributed by atoms with E-state index in [4.69, 9.17) is 0 Å².